The highest BCUT2D eigenvalue weighted by molar-refractivity contribution is 5.57. The monoisotopic (exact) mass is 283 g/mol. The van der Waals surface area contributed by atoms with Gasteiger partial charge in [-0.2, -0.15) is 0 Å². The summed E-state index contributed by atoms with van der Waals surface area (Å²) in [5.41, 5.74) is 0.917. The van der Waals surface area contributed by atoms with E-state index < -0.39 is 4.92 Å². The maximum Gasteiger partial charge on any atom is 0.327 e. The van der Waals surface area contributed by atoms with Crippen molar-refractivity contribution in [3.05, 3.63) is 69.1 Å². The van der Waals surface area contributed by atoms with E-state index in [4.69, 9.17) is 0 Å². The summed E-state index contributed by atoms with van der Waals surface area (Å²) in [6.45, 7) is 0. The molecule has 0 aliphatic heterocycles. The lowest BCUT2D eigenvalue weighted by molar-refractivity contribution is -0.581. The predicted molar refractivity (Wildman–Crippen MR) is 74.7 cm³/mol. The lowest BCUT2D eigenvalue weighted by Crippen LogP contribution is -2.37. The number of nitrogens with zero attached hydrogens (tertiary/aromatic N) is 4. The Balaban J connectivity index is 2.22. The van der Waals surface area contributed by atoms with Gasteiger partial charge in [-0.05, 0) is 22.7 Å². The molecule has 0 saturated carbocycles. The van der Waals surface area contributed by atoms with E-state index in [0.717, 1.165) is 0 Å². The van der Waals surface area contributed by atoms with Crippen LogP contribution in [0.1, 0.15) is 0 Å². The van der Waals surface area contributed by atoms with Crippen LogP contribution in [0, 0.1) is 10.1 Å². The molecule has 21 heavy (non-hydrogen) atoms. The van der Waals surface area contributed by atoms with Crippen molar-refractivity contribution in [2.24, 2.45) is 7.05 Å². The van der Waals surface area contributed by atoms with Crippen LogP contribution in [0.15, 0.2) is 53.5 Å². The number of aromatic nitrogens is 3. The second-order valence-electron chi connectivity index (χ2n) is 4.52. The van der Waals surface area contributed by atoms with Crippen LogP contribution in [0.25, 0.3) is 16.9 Å². The first-order valence-electron chi connectivity index (χ1n) is 6.20. The predicted octanol–water partition coefficient (Wildman–Crippen LogP) is 1.09. The largest absolute Gasteiger partial charge is 0.327 e. The molecular weight excluding hydrogens is 272 g/mol. The first-order valence-corrected chi connectivity index (χ1v) is 6.20. The molecule has 3 rings (SSSR count). The van der Waals surface area contributed by atoms with E-state index in [2.05, 4.69) is 5.10 Å². The molecule has 7 heteroatoms. The Morgan fingerprint density at radius 3 is 2.57 bits per heavy atom. The van der Waals surface area contributed by atoms with E-state index in [9.17, 15) is 14.9 Å². The number of hydrogen-bond acceptors (Lipinski definition) is 4. The standard InChI is InChI=1S/C14H11N4O3/c1-16-13(10-5-7-11(8-6-10)18(20)21)15-17-9-3-2-4-12(17)14(16)19/h2-9H,1H3/q+1. The molecule has 0 N–H and O–H groups in total. The average molecular weight is 283 g/mol. The van der Waals surface area contributed by atoms with Crippen LogP contribution in [0.3, 0.4) is 0 Å². The highest BCUT2D eigenvalue weighted by Crippen LogP contribution is 2.18. The molecule has 0 aliphatic rings. The van der Waals surface area contributed by atoms with Gasteiger partial charge in [-0.15, -0.1) is 0 Å². The number of rotatable bonds is 2. The van der Waals surface area contributed by atoms with Gasteiger partial charge in [-0.3, -0.25) is 19.5 Å². The second-order valence-corrected chi connectivity index (χ2v) is 4.52. The van der Waals surface area contributed by atoms with Gasteiger partial charge >= 0.3 is 11.1 Å². The second kappa shape index (κ2) is 4.78. The Kier molecular flexibility index (Phi) is 2.94. The molecule has 2 aromatic heterocycles. The smallest absolute Gasteiger partial charge is 0.285 e. The van der Waals surface area contributed by atoms with Gasteiger partial charge < -0.3 is 0 Å². The van der Waals surface area contributed by atoms with Crippen molar-refractivity contribution in [1.29, 1.82) is 0 Å². The van der Waals surface area contributed by atoms with Gasteiger partial charge in [0, 0.05) is 42.0 Å². The van der Waals surface area contributed by atoms with Crippen LogP contribution in [0.4, 0.5) is 5.69 Å². The molecule has 3 aromatic rings. The van der Waals surface area contributed by atoms with Crippen molar-refractivity contribution in [3.8, 4) is 11.4 Å². The van der Waals surface area contributed by atoms with Gasteiger partial charge in [0.15, 0.2) is 0 Å². The molecule has 0 bridgehead atoms. The fourth-order valence-electron chi connectivity index (χ4n) is 2.11. The third-order valence-electron chi connectivity index (χ3n) is 3.22. The third kappa shape index (κ3) is 2.14. The number of pyridine rings is 1. The fourth-order valence-corrected chi connectivity index (χ4v) is 2.11. The van der Waals surface area contributed by atoms with Gasteiger partial charge in [0.2, 0.25) is 12.0 Å². The van der Waals surface area contributed by atoms with Gasteiger partial charge in [0.1, 0.15) is 0 Å². The van der Waals surface area contributed by atoms with Crippen LogP contribution < -0.4 is 10.1 Å². The SMILES string of the molecule is Cn1c(-c2ccc([N+](=O)[O-])cc2)n[n+]2ccccc2c1=O. The van der Waals surface area contributed by atoms with Gasteiger partial charge in [0.05, 0.1) is 4.92 Å². The number of benzene rings is 1. The van der Waals surface area contributed by atoms with Crippen LogP contribution in [0.2, 0.25) is 0 Å². The highest BCUT2D eigenvalue weighted by atomic mass is 16.6. The Morgan fingerprint density at radius 1 is 1.19 bits per heavy atom. The minimum atomic E-state index is -0.467. The van der Waals surface area contributed by atoms with E-state index >= 15 is 0 Å². The Morgan fingerprint density at radius 2 is 1.90 bits per heavy atom. The molecule has 0 fully saturated rings. The summed E-state index contributed by atoms with van der Waals surface area (Å²) in [6, 6.07) is 11.2. The fraction of sp³-hybridized carbons (Fsp3) is 0.0714. The van der Waals surface area contributed by atoms with Crippen LogP contribution in [-0.4, -0.2) is 14.6 Å². The zero-order valence-corrected chi connectivity index (χ0v) is 11.1. The summed E-state index contributed by atoms with van der Waals surface area (Å²) in [7, 11) is 1.62. The molecule has 2 heterocycles. The zero-order chi connectivity index (χ0) is 15.0. The minimum absolute atomic E-state index is 0.00260. The topological polar surface area (TPSA) is 82.1 Å². The van der Waals surface area contributed by atoms with E-state index in [0.29, 0.717) is 16.9 Å². The van der Waals surface area contributed by atoms with Crippen LogP contribution in [0.5, 0.6) is 0 Å². The van der Waals surface area contributed by atoms with Crippen molar-refractivity contribution in [2.45, 2.75) is 0 Å². The molecule has 0 radical (unpaired) electrons. The Bertz CT molecular complexity index is 900. The van der Waals surface area contributed by atoms with E-state index in [1.165, 1.54) is 21.2 Å². The summed E-state index contributed by atoms with van der Waals surface area (Å²) < 4.78 is 2.93. The first kappa shape index (κ1) is 12.9. The minimum Gasteiger partial charge on any atom is -0.285 e. The van der Waals surface area contributed by atoms with Gasteiger partial charge in [0.25, 0.3) is 5.69 Å². The van der Waals surface area contributed by atoms with Crippen molar-refractivity contribution in [2.75, 3.05) is 0 Å². The maximum absolute atomic E-state index is 12.3. The molecule has 104 valence electrons. The quantitative estimate of drug-likeness (QED) is 0.400. The lowest BCUT2D eigenvalue weighted by atomic mass is 10.2. The number of hydrogen-bond donors (Lipinski definition) is 0. The lowest BCUT2D eigenvalue weighted by Gasteiger charge is -2.04. The summed E-state index contributed by atoms with van der Waals surface area (Å²) in [6.07, 6.45) is 1.69. The molecular formula is C14H11N4O3+. The van der Waals surface area contributed by atoms with Crippen molar-refractivity contribution in [3.63, 3.8) is 0 Å². The van der Waals surface area contributed by atoms with Crippen molar-refractivity contribution >= 4 is 11.2 Å². The average Bonchev–Trinajstić information content (AvgIpc) is 2.51. The van der Waals surface area contributed by atoms with Crippen molar-refractivity contribution in [1.82, 2.24) is 9.67 Å². The summed E-state index contributed by atoms with van der Waals surface area (Å²) >= 11 is 0. The summed E-state index contributed by atoms with van der Waals surface area (Å²) in [4.78, 5) is 22.5. The van der Waals surface area contributed by atoms with Crippen LogP contribution in [-0.2, 0) is 7.05 Å². The molecule has 0 saturated heterocycles. The molecule has 1 aromatic carbocycles. The van der Waals surface area contributed by atoms with Crippen LogP contribution >= 0.6 is 0 Å². The molecule has 0 spiro atoms. The Labute approximate surface area is 118 Å². The summed E-state index contributed by atoms with van der Waals surface area (Å²) in [5.74, 6) is 0.443. The number of nitro benzene ring substituents is 1. The zero-order valence-electron chi connectivity index (χ0n) is 11.1. The molecule has 0 amide bonds. The normalized spacial score (nSPS) is 10.7. The number of fused-ring (bicyclic) bond motifs is 1. The van der Waals surface area contributed by atoms with Gasteiger partial charge in [-0.25, -0.2) is 0 Å². The third-order valence-corrected chi connectivity index (χ3v) is 3.22. The molecule has 0 atom stereocenters. The van der Waals surface area contributed by atoms with E-state index in [1.807, 2.05) is 0 Å². The van der Waals surface area contributed by atoms with Crippen molar-refractivity contribution < 1.29 is 9.44 Å². The first-order chi connectivity index (χ1) is 10.1. The number of nitro groups is 1. The maximum atomic E-state index is 12.3. The highest BCUT2D eigenvalue weighted by Gasteiger charge is 2.17. The summed E-state index contributed by atoms with van der Waals surface area (Å²) in [5, 5.41) is 15.1. The van der Waals surface area contributed by atoms with Gasteiger partial charge in [-0.1, -0.05) is 0 Å². The molecule has 0 aliphatic carbocycles. The number of non-ortho nitro benzene ring substituents is 1. The molecule has 7 nitrogen and oxygen atoms in total. The van der Waals surface area contributed by atoms with E-state index in [-0.39, 0.29) is 11.2 Å². The van der Waals surface area contributed by atoms with E-state index in [1.54, 1.807) is 43.6 Å². The molecule has 0 unspecified atom stereocenters. The Hall–Kier alpha value is -3.09.